The van der Waals surface area contributed by atoms with Gasteiger partial charge in [-0.2, -0.15) is 0 Å². The van der Waals surface area contributed by atoms with Gasteiger partial charge >= 0.3 is 0 Å². The van der Waals surface area contributed by atoms with E-state index in [0.717, 1.165) is 34.1 Å². The lowest BCUT2D eigenvalue weighted by atomic mass is 9.99. The first-order valence-corrected chi connectivity index (χ1v) is 11.4. The van der Waals surface area contributed by atoms with E-state index in [-0.39, 0.29) is 5.92 Å². The molecule has 0 saturated carbocycles. The van der Waals surface area contributed by atoms with Gasteiger partial charge < -0.3 is 4.42 Å². The highest BCUT2D eigenvalue weighted by Gasteiger charge is 2.21. The van der Waals surface area contributed by atoms with Crippen LogP contribution in [0.5, 0.6) is 0 Å². The zero-order valence-electron chi connectivity index (χ0n) is 17.4. The third-order valence-corrected chi connectivity index (χ3v) is 6.25. The Balaban J connectivity index is 1.63. The Morgan fingerprint density at radius 2 is 1.70 bits per heavy atom. The van der Waals surface area contributed by atoms with Gasteiger partial charge in [-0.1, -0.05) is 90.0 Å². The van der Waals surface area contributed by atoms with E-state index in [4.69, 9.17) is 42.6 Å². The van der Waals surface area contributed by atoms with E-state index < -0.39 is 0 Å². The fourth-order valence-electron chi connectivity index (χ4n) is 4.21. The molecule has 6 rings (SSSR count). The van der Waals surface area contributed by atoms with Crippen molar-refractivity contribution in [3.8, 4) is 22.8 Å². The number of allylic oxidation sites excluding steroid dienone is 4. The first kappa shape index (κ1) is 20.2. The number of fused-ring (bicyclic) bond motifs is 3. The molecule has 0 fully saturated rings. The van der Waals surface area contributed by atoms with Gasteiger partial charge in [0.15, 0.2) is 17.2 Å². The molecule has 1 aliphatic carbocycles. The van der Waals surface area contributed by atoms with Crippen LogP contribution in [0.4, 0.5) is 0 Å². The molecule has 4 nitrogen and oxygen atoms in total. The summed E-state index contributed by atoms with van der Waals surface area (Å²) in [5, 5.41) is 2.74. The summed E-state index contributed by atoms with van der Waals surface area (Å²) in [5.41, 5.74) is 3.09. The summed E-state index contributed by atoms with van der Waals surface area (Å²) < 4.78 is 6.08. The molecule has 0 N–H and O–H groups in total. The Morgan fingerprint density at radius 1 is 0.848 bits per heavy atom. The summed E-state index contributed by atoms with van der Waals surface area (Å²) in [4.78, 5) is 14.6. The second-order valence-corrected chi connectivity index (χ2v) is 8.75. The van der Waals surface area contributed by atoms with E-state index in [9.17, 15) is 0 Å². The van der Waals surface area contributed by atoms with Crippen LogP contribution in [-0.2, 0) is 0 Å². The number of rotatable bonds is 3. The van der Waals surface area contributed by atoms with Crippen LogP contribution in [0.3, 0.4) is 0 Å². The number of hydrogen-bond donors (Lipinski definition) is 0. The van der Waals surface area contributed by atoms with E-state index in [1.54, 1.807) is 6.07 Å². The minimum atomic E-state index is 0.0865. The van der Waals surface area contributed by atoms with Crippen molar-refractivity contribution in [2.75, 3.05) is 0 Å². The van der Waals surface area contributed by atoms with E-state index in [2.05, 4.69) is 12.2 Å². The molecule has 0 saturated heterocycles. The van der Waals surface area contributed by atoms with Gasteiger partial charge in [0.25, 0.3) is 0 Å². The largest absolute Gasteiger partial charge is 0.454 e. The number of nitrogens with zero attached hydrogens (tertiary/aromatic N) is 3. The number of benzene rings is 3. The standard InChI is InChI=1S/C27H17Cl2N3O/c28-18-14-20-23-19(12-7-13-22(23)33-24(20)21(29)15-18)27-31-25(16-8-3-1-4-9-16)30-26(32-27)17-10-5-2-6-11-17/h1-10,12-15,17H,11H2. The highest BCUT2D eigenvalue weighted by atomic mass is 35.5. The molecule has 0 amide bonds. The maximum absolute atomic E-state index is 6.43. The molecule has 0 radical (unpaired) electrons. The van der Waals surface area contributed by atoms with Gasteiger partial charge in [-0.05, 0) is 24.6 Å². The molecule has 3 aromatic carbocycles. The lowest BCUT2D eigenvalue weighted by Crippen LogP contribution is -2.07. The van der Waals surface area contributed by atoms with Crippen molar-refractivity contribution in [1.82, 2.24) is 15.0 Å². The number of halogens is 2. The average Bonchev–Trinajstić information content (AvgIpc) is 3.24. The maximum Gasteiger partial charge on any atom is 0.164 e. The monoisotopic (exact) mass is 469 g/mol. The topological polar surface area (TPSA) is 51.8 Å². The third-order valence-electron chi connectivity index (χ3n) is 5.75. The van der Waals surface area contributed by atoms with Crippen LogP contribution < -0.4 is 0 Å². The molecule has 6 heteroatoms. The van der Waals surface area contributed by atoms with Crippen molar-refractivity contribution < 1.29 is 4.42 Å². The van der Waals surface area contributed by atoms with Crippen LogP contribution in [0.1, 0.15) is 18.2 Å². The van der Waals surface area contributed by atoms with Crippen molar-refractivity contribution >= 4 is 45.1 Å². The Labute approximate surface area is 200 Å². The minimum absolute atomic E-state index is 0.0865. The summed E-state index contributed by atoms with van der Waals surface area (Å²) in [5.74, 6) is 2.05. The van der Waals surface area contributed by atoms with Crippen molar-refractivity contribution in [3.63, 3.8) is 0 Å². The second kappa shape index (κ2) is 8.14. The highest BCUT2D eigenvalue weighted by Crippen LogP contribution is 2.40. The first-order valence-electron chi connectivity index (χ1n) is 10.6. The second-order valence-electron chi connectivity index (χ2n) is 7.91. The van der Waals surface area contributed by atoms with E-state index in [0.29, 0.717) is 32.9 Å². The van der Waals surface area contributed by atoms with Gasteiger partial charge in [0.2, 0.25) is 0 Å². The fourth-order valence-corrected chi connectivity index (χ4v) is 4.74. The quantitative estimate of drug-likeness (QED) is 0.268. The van der Waals surface area contributed by atoms with Crippen molar-refractivity contribution in [1.29, 1.82) is 0 Å². The van der Waals surface area contributed by atoms with Gasteiger partial charge in [0.05, 0.1) is 5.02 Å². The highest BCUT2D eigenvalue weighted by molar-refractivity contribution is 6.39. The van der Waals surface area contributed by atoms with Crippen molar-refractivity contribution in [2.45, 2.75) is 12.3 Å². The van der Waals surface area contributed by atoms with Gasteiger partial charge in [-0.3, -0.25) is 0 Å². The normalized spacial score (nSPS) is 15.5. The Hall–Kier alpha value is -3.47. The van der Waals surface area contributed by atoms with Crippen molar-refractivity contribution in [2.24, 2.45) is 0 Å². The molecular formula is C27H17Cl2N3O. The van der Waals surface area contributed by atoms with Crippen LogP contribution in [0, 0.1) is 0 Å². The summed E-state index contributed by atoms with van der Waals surface area (Å²) in [6.45, 7) is 0. The molecule has 5 aromatic rings. The van der Waals surface area contributed by atoms with Gasteiger partial charge in [-0.15, -0.1) is 0 Å². The molecule has 2 heterocycles. The predicted octanol–water partition coefficient (Wildman–Crippen LogP) is 8.01. The number of aromatic nitrogens is 3. The lowest BCUT2D eigenvalue weighted by molar-refractivity contribution is 0.669. The smallest absolute Gasteiger partial charge is 0.164 e. The number of hydrogen-bond acceptors (Lipinski definition) is 4. The van der Waals surface area contributed by atoms with Gasteiger partial charge in [0.1, 0.15) is 11.4 Å². The molecule has 1 atom stereocenters. The minimum Gasteiger partial charge on any atom is -0.454 e. The van der Waals surface area contributed by atoms with Gasteiger partial charge in [0, 0.05) is 32.8 Å². The Kier molecular flexibility index (Phi) is 4.97. The number of furan rings is 1. The van der Waals surface area contributed by atoms with E-state index >= 15 is 0 Å². The van der Waals surface area contributed by atoms with Crippen LogP contribution in [0.25, 0.3) is 44.7 Å². The zero-order chi connectivity index (χ0) is 22.4. The SMILES string of the molecule is Clc1cc(Cl)c2oc3cccc(-c4nc(-c5ccccc5)nc(C5C=CC=CC5)n4)c3c2c1. The summed E-state index contributed by atoms with van der Waals surface area (Å²) >= 11 is 12.8. The Morgan fingerprint density at radius 3 is 2.52 bits per heavy atom. The molecule has 0 bridgehead atoms. The molecule has 0 aliphatic heterocycles. The van der Waals surface area contributed by atoms with Crippen LogP contribution in [-0.4, -0.2) is 15.0 Å². The summed E-state index contributed by atoms with van der Waals surface area (Å²) in [6, 6.07) is 19.4. The van der Waals surface area contributed by atoms with Crippen molar-refractivity contribution in [3.05, 3.63) is 101 Å². The molecule has 2 aromatic heterocycles. The lowest BCUT2D eigenvalue weighted by Gasteiger charge is -2.14. The molecule has 1 aliphatic rings. The summed E-state index contributed by atoms with van der Waals surface area (Å²) in [7, 11) is 0. The average molecular weight is 470 g/mol. The molecule has 0 spiro atoms. The van der Waals surface area contributed by atoms with Crippen LogP contribution in [0.15, 0.2) is 89.4 Å². The zero-order valence-corrected chi connectivity index (χ0v) is 18.9. The molecule has 160 valence electrons. The fraction of sp³-hybridized carbons (Fsp3) is 0.0741. The molecule has 33 heavy (non-hydrogen) atoms. The maximum atomic E-state index is 6.43. The van der Waals surface area contributed by atoms with Crippen LogP contribution in [0.2, 0.25) is 10.0 Å². The van der Waals surface area contributed by atoms with Gasteiger partial charge in [-0.25, -0.2) is 15.0 Å². The Bertz CT molecular complexity index is 1570. The molecule has 1 unspecified atom stereocenters. The van der Waals surface area contributed by atoms with E-state index in [1.165, 1.54) is 0 Å². The van der Waals surface area contributed by atoms with E-state index in [1.807, 2.05) is 66.7 Å². The molecular weight excluding hydrogens is 453 g/mol. The predicted molar refractivity (Wildman–Crippen MR) is 134 cm³/mol. The summed E-state index contributed by atoms with van der Waals surface area (Å²) in [6.07, 6.45) is 9.18. The third kappa shape index (κ3) is 3.62. The first-order chi connectivity index (χ1) is 16.2. The van der Waals surface area contributed by atoms with Crippen LogP contribution >= 0.6 is 23.2 Å².